The molecule has 0 radical (unpaired) electrons. The van der Waals surface area contributed by atoms with Crippen molar-refractivity contribution >= 4 is 0 Å². The first-order valence-electron chi connectivity index (χ1n) is 7.77. The summed E-state index contributed by atoms with van der Waals surface area (Å²) in [5.74, 6) is -0.787. The van der Waals surface area contributed by atoms with Crippen molar-refractivity contribution in [1.82, 2.24) is 14.3 Å². The molecule has 140 valence electrons. The first kappa shape index (κ1) is 18.4. The van der Waals surface area contributed by atoms with E-state index in [2.05, 4.69) is 5.10 Å². The van der Waals surface area contributed by atoms with Crippen molar-refractivity contribution in [3.05, 3.63) is 74.6 Å². The Kier molecular flexibility index (Phi) is 4.38. The van der Waals surface area contributed by atoms with E-state index in [1.54, 1.807) is 19.1 Å². The molecule has 1 N–H and O–H groups in total. The van der Waals surface area contributed by atoms with E-state index >= 15 is 0 Å². The van der Waals surface area contributed by atoms with Gasteiger partial charge in [-0.3, -0.25) is 14.2 Å². The second kappa shape index (κ2) is 6.42. The van der Waals surface area contributed by atoms with Crippen LogP contribution in [-0.4, -0.2) is 19.5 Å². The van der Waals surface area contributed by atoms with Gasteiger partial charge in [0.2, 0.25) is 5.75 Å². The number of alkyl halides is 3. The quantitative estimate of drug-likeness (QED) is 0.745. The summed E-state index contributed by atoms with van der Waals surface area (Å²) in [6.07, 6.45) is -2.86. The van der Waals surface area contributed by atoms with Crippen LogP contribution in [0.2, 0.25) is 0 Å². The molecule has 0 bridgehead atoms. The Morgan fingerprint density at radius 3 is 2.37 bits per heavy atom. The van der Waals surface area contributed by atoms with E-state index in [9.17, 15) is 27.9 Å². The lowest BCUT2D eigenvalue weighted by Gasteiger charge is -2.17. The number of hydrogen-bond acceptors (Lipinski definition) is 4. The monoisotopic (exact) mass is 377 g/mol. The molecule has 0 fully saturated rings. The molecule has 0 atom stereocenters. The van der Waals surface area contributed by atoms with Gasteiger partial charge in [-0.05, 0) is 24.1 Å². The van der Waals surface area contributed by atoms with Gasteiger partial charge in [-0.2, -0.15) is 18.3 Å². The van der Waals surface area contributed by atoms with Gasteiger partial charge in [0, 0.05) is 13.2 Å². The highest BCUT2D eigenvalue weighted by atomic mass is 19.4. The van der Waals surface area contributed by atoms with Gasteiger partial charge < -0.3 is 5.11 Å². The summed E-state index contributed by atoms with van der Waals surface area (Å²) in [4.78, 5) is 24.8. The summed E-state index contributed by atoms with van der Waals surface area (Å²) in [6, 6.07) is 6.90. The smallest absolute Gasteiger partial charge is 0.417 e. The van der Waals surface area contributed by atoms with Crippen LogP contribution in [0.3, 0.4) is 0 Å². The molecule has 0 amide bonds. The number of aryl methyl sites for hydroxylation is 2. The van der Waals surface area contributed by atoms with Gasteiger partial charge in [-0.25, -0.2) is 4.68 Å². The zero-order valence-electron chi connectivity index (χ0n) is 14.3. The molecule has 0 aliphatic heterocycles. The van der Waals surface area contributed by atoms with E-state index < -0.39 is 34.2 Å². The Labute approximate surface area is 150 Å². The van der Waals surface area contributed by atoms with Gasteiger partial charge in [-0.1, -0.05) is 24.3 Å². The van der Waals surface area contributed by atoms with Crippen LogP contribution in [0.15, 0.2) is 52.3 Å². The highest BCUT2D eigenvalue weighted by Gasteiger charge is 2.36. The normalized spacial score (nSPS) is 11.6. The lowest BCUT2D eigenvalue weighted by atomic mass is 9.97. The van der Waals surface area contributed by atoms with E-state index in [1.165, 1.54) is 19.2 Å². The largest absolute Gasteiger partial charge is 0.501 e. The molecule has 27 heavy (non-hydrogen) atoms. The average molecular weight is 377 g/mol. The van der Waals surface area contributed by atoms with E-state index in [0.29, 0.717) is 5.56 Å². The average Bonchev–Trinajstić information content (AvgIpc) is 2.60. The number of halogens is 3. The Balaban J connectivity index is 2.41. The van der Waals surface area contributed by atoms with Crippen LogP contribution in [0.4, 0.5) is 13.2 Å². The van der Waals surface area contributed by atoms with Crippen molar-refractivity contribution in [2.75, 3.05) is 0 Å². The van der Waals surface area contributed by atoms with Gasteiger partial charge >= 0.3 is 11.7 Å². The topological polar surface area (TPSA) is 77.1 Å². The molecule has 0 aliphatic rings. The number of aromatic hydroxyl groups is 1. The van der Waals surface area contributed by atoms with E-state index in [4.69, 9.17) is 0 Å². The third-order valence-corrected chi connectivity index (χ3v) is 4.16. The summed E-state index contributed by atoms with van der Waals surface area (Å²) in [5.41, 5.74) is -3.28. The molecular weight excluding hydrogens is 363 g/mol. The number of pyridine rings is 1. The zero-order valence-corrected chi connectivity index (χ0v) is 14.3. The SMILES string of the molecule is Cc1ccccc1-c1c(C(F)(F)F)ccn(-c2cnn(C)c(=O)c2O)c1=O. The minimum atomic E-state index is -4.76. The lowest BCUT2D eigenvalue weighted by molar-refractivity contribution is -0.137. The summed E-state index contributed by atoms with van der Waals surface area (Å²) < 4.78 is 42.2. The maximum atomic E-state index is 13.5. The van der Waals surface area contributed by atoms with Crippen LogP contribution in [-0.2, 0) is 13.2 Å². The number of benzene rings is 1. The van der Waals surface area contributed by atoms with Crippen LogP contribution in [0, 0.1) is 6.92 Å². The highest BCUT2D eigenvalue weighted by molar-refractivity contribution is 5.70. The van der Waals surface area contributed by atoms with E-state index in [-0.39, 0.29) is 11.3 Å². The van der Waals surface area contributed by atoms with Gasteiger partial charge in [0.25, 0.3) is 5.56 Å². The molecule has 2 heterocycles. The molecule has 6 nitrogen and oxygen atoms in total. The van der Waals surface area contributed by atoms with Gasteiger partial charge in [0.15, 0.2) is 0 Å². The van der Waals surface area contributed by atoms with Crippen LogP contribution in [0.5, 0.6) is 5.75 Å². The van der Waals surface area contributed by atoms with Crippen molar-refractivity contribution in [3.63, 3.8) is 0 Å². The molecule has 2 aromatic heterocycles. The number of nitrogens with zero attached hydrogens (tertiary/aromatic N) is 3. The van der Waals surface area contributed by atoms with E-state index in [0.717, 1.165) is 27.7 Å². The Hall–Kier alpha value is -3.36. The summed E-state index contributed by atoms with van der Waals surface area (Å²) in [5, 5.41) is 13.8. The van der Waals surface area contributed by atoms with Crippen molar-refractivity contribution in [2.45, 2.75) is 13.1 Å². The number of aromatic nitrogens is 3. The maximum Gasteiger partial charge on any atom is 0.417 e. The van der Waals surface area contributed by atoms with Gasteiger partial charge in [0.1, 0.15) is 5.69 Å². The van der Waals surface area contributed by atoms with Crippen LogP contribution in [0.25, 0.3) is 16.8 Å². The molecule has 0 unspecified atom stereocenters. The second-order valence-electron chi connectivity index (χ2n) is 5.90. The molecule has 3 rings (SSSR count). The van der Waals surface area contributed by atoms with Crippen LogP contribution >= 0.6 is 0 Å². The standard InChI is InChI=1S/C18H14F3N3O3/c1-10-5-3-4-6-11(10)14-12(18(19,20)21)7-8-24(16(14)26)13-9-22-23(2)17(27)15(13)25/h3-9,25H,1-2H3. The fraction of sp³-hybridized carbons (Fsp3) is 0.167. The van der Waals surface area contributed by atoms with Crippen molar-refractivity contribution in [3.8, 4) is 22.6 Å². The molecule has 9 heteroatoms. The van der Waals surface area contributed by atoms with Gasteiger partial charge in [0.05, 0.1) is 17.3 Å². The molecule has 0 saturated heterocycles. The predicted octanol–water partition coefficient (Wildman–Crippen LogP) is 2.63. The molecule has 3 aromatic rings. The minimum absolute atomic E-state index is 0.112. The Morgan fingerprint density at radius 2 is 1.74 bits per heavy atom. The van der Waals surface area contributed by atoms with Crippen molar-refractivity contribution in [2.24, 2.45) is 7.05 Å². The van der Waals surface area contributed by atoms with Crippen LogP contribution in [0.1, 0.15) is 11.1 Å². The Morgan fingerprint density at radius 1 is 1.07 bits per heavy atom. The van der Waals surface area contributed by atoms with Crippen molar-refractivity contribution < 1.29 is 18.3 Å². The van der Waals surface area contributed by atoms with Crippen LogP contribution < -0.4 is 11.1 Å². The third kappa shape index (κ3) is 3.12. The van der Waals surface area contributed by atoms with E-state index in [1.807, 2.05) is 0 Å². The summed E-state index contributed by atoms with van der Waals surface area (Å²) in [7, 11) is 1.29. The van der Waals surface area contributed by atoms with Gasteiger partial charge in [-0.15, -0.1) is 0 Å². The fourth-order valence-electron chi connectivity index (χ4n) is 2.77. The maximum absolute atomic E-state index is 13.5. The first-order valence-corrected chi connectivity index (χ1v) is 7.77. The minimum Gasteiger partial charge on any atom is -0.501 e. The summed E-state index contributed by atoms with van der Waals surface area (Å²) in [6.45, 7) is 1.59. The second-order valence-corrected chi connectivity index (χ2v) is 5.90. The highest BCUT2D eigenvalue weighted by Crippen LogP contribution is 2.36. The number of hydrogen-bond donors (Lipinski definition) is 1. The molecular formula is C18H14F3N3O3. The zero-order chi connectivity index (χ0) is 19.9. The fourth-order valence-corrected chi connectivity index (χ4v) is 2.77. The first-order chi connectivity index (χ1) is 12.6. The predicted molar refractivity (Wildman–Crippen MR) is 91.9 cm³/mol. The molecule has 0 aliphatic carbocycles. The third-order valence-electron chi connectivity index (χ3n) is 4.16. The lowest BCUT2D eigenvalue weighted by Crippen LogP contribution is -2.27. The molecule has 0 spiro atoms. The molecule has 0 saturated carbocycles. The Bertz CT molecular complexity index is 1150. The van der Waals surface area contributed by atoms with Crippen molar-refractivity contribution in [1.29, 1.82) is 0 Å². The molecule has 1 aromatic carbocycles. The number of rotatable bonds is 2. The summed E-state index contributed by atoms with van der Waals surface area (Å²) >= 11 is 0.